The molecule has 3 rings (SSSR count). The summed E-state index contributed by atoms with van der Waals surface area (Å²) in [6.07, 6.45) is 0. The highest BCUT2D eigenvalue weighted by atomic mass is 32.2. The number of carbonyl (C=O) groups is 1. The first-order valence-electron chi connectivity index (χ1n) is 9.64. The van der Waals surface area contributed by atoms with E-state index in [0.717, 1.165) is 0 Å². The van der Waals surface area contributed by atoms with Crippen molar-refractivity contribution in [2.24, 2.45) is 0 Å². The zero-order valence-corrected chi connectivity index (χ0v) is 19.3. The number of nitrogens with zero attached hydrogens (tertiary/aromatic N) is 5. The molecule has 1 saturated heterocycles. The van der Waals surface area contributed by atoms with Gasteiger partial charge < -0.3 is 20.6 Å². The standard InChI is InChI=1S/C17H23N7O7S2/c1-11-24(33(11,30)31)9-8-23(2)17-21-15(18-7-10-32(27,28)29)20-16(22-17)19-13-5-3-12(4-6-13)14(25)26/h3-6,11H,7-10H2,1-2H3,(H,25,26)(H,27,28,29)(H2,18,19,20,21,22). The smallest absolute Gasteiger partial charge is 0.335 e. The molecule has 0 saturated carbocycles. The van der Waals surface area contributed by atoms with Crippen molar-refractivity contribution >= 4 is 49.6 Å². The molecule has 0 spiro atoms. The fraction of sp³-hybridized carbons (Fsp3) is 0.412. The maximum absolute atomic E-state index is 11.7. The Bertz CT molecular complexity index is 1240. The van der Waals surface area contributed by atoms with Gasteiger partial charge in [-0.2, -0.15) is 27.7 Å². The largest absolute Gasteiger partial charge is 0.478 e. The minimum absolute atomic E-state index is 0.0212. The van der Waals surface area contributed by atoms with Crippen LogP contribution in [0.25, 0.3) is 0 Å². The highest BCUT2D eigenvalue weighted by Crippen LogP contribution is 2.29. The second-order valence-electron chi connectivity index (χ2n) is 7.18. The molecule has 0 radical (unpaired) electrons. The number of carboxylic acids is 1. The average molecular weight is 502 g/mol. The van der Waals surface area contributed by atoms with Crippen LogP contribution in [0.4, 0.5) is 23.5 Å². The number of hydrogen-bond donors (Lipinski definition) is 4. The Morgan fingerprint density at radius 2 is 1.79 bits per heavy atom. The molecule has 0 aliphatic carbocycles. The number of likely N-dealkylation sites (N-methyl/N-ethyl adjacent to an activating group) is 1. The maximum atomic E-state index is 11.7. The van der Waals surface area contributed by atoms with Crippen LogP contribution in [0, 0.1) is 0 Å². The molecule has 0 amide bonds. The topological polar surface area (TPSA) is 195 Å². The van der Waals surface area contributed by atoms with Crippen molar-refractivity contribution in [1.29, 1.82) is 0 Å². The second-order valence-corrected chi connectivity index (χ2v) is 10.9. The number of hydrogen-bond acceptors (Lipinski definition) is 11. The second kappa shape index (κ2) is 9.42. The van der Waals surface area contributed by atoms with Gasteiger partial charge in [0.15, 0.2) is 0 Å². The van der Waals surface area contributed by atoms with Crippen LogP contribution in [0.15, 0.2) is 24.3 Å². The molecule has 1 aliphatic rings. The van der Waals surface area contributed by atoms with Crippen LogP contribution in [-0.2, 0) is 20.1 Å². The SMILES string of the molecule is CC1N(CCN(C)c2nc(NCCS(=O)(=O)O)nc(Nc3ccc(C(=O)O)cc3)n2)S1(=O)=O. The summed E-state index contributed by atoms with van der Waals surface area (Å²) in [6.45, 7) is 1.94. The lowest BCUT2D eigenvalue weighted by atomic mass is 10.2. The van der Waals surface area contributed by atoms with Gasteiger partial charge >= 0.3 is 5.97 Å². The molecular formula is C17H23N7O7S2. The van der Waals surface area contributed by atoms with Crippen molar-refractivity contribution in [1.82, 2.24) is 19.3 Å². The summed E-state index contributed by atoms with van der Waals surface area (Å²) in [5, 5.41) is 14.1. The molecule has 16 heteroatoms. The monoisotopic (exact) mass is 501 g/mol. The van der Waals surface area contributed by atoms with Gasteiger partial charge in [-0.15, -0.1) is 0 Å². The van der Waals surface area contributed by atoms with E-state index in [9.17, 15) is 21.6 Å². The number of carboxylic acid groups (broad SMARTS) is 1. The lowest BCUT2D eigenvalue weighted by Gasteiger charge is -2.18. The van der Waals surface area contributed by atoms with E-state index in [1.54, 1.807) is 18.9 Å². The molecule has 14 nitrogen and oxygen atoms in total. The number of benzene rings is 1. The van der Waals surface area contributed by atoms with Crippen molar-refractivity contribution in [3.63, 3.8) is 0 Å². The molecule has 1 aromatic carbocycles. The van der Waals surface area contributed by atoms with E-state index >= 15 is 0 Å². The van der Waals surface area contributed by atoms with Crippen molar-refractivity contribution in [3.8, 4) is 0 Å². The summed E-state index contributed by atoms with van der Waals surface area (Å²) >= 11 is 0. The molecule has 0 bridgehead atoms. The molecule has 2 unspecified atom stereocenters. The third-order valence-corrected chi connectivity index (χ3v) is 7.54. The molecule has 2 heterocycles. The van der Waals surface area contributed by atoms with Gasteiger partial charge in [-0.05, 0) is 31.2 Å². The highest BCUT2D eigenvalue weighted by Gasteiger charge is 2.50. The Kier molecular flexibility index (Phi) is 7.01. The number of sulfonamides is 1. The molecular weight excluding hydrogens is 478 g/mol. The molecule has 2 aromatic rings. The van der Waals surface area contributed by atoms with E-state index in [-0.39, 0.29) is 43.0 Å². The van der Waals surface area contributed by atoms with Gasteiger partial charge in [0.1, 0.15) is 5.37 Å². The van der Waals surface area contributed by atoms with Crippen molar-refractivity contribution in [2.75, 3.05) is 48.0 Å². The third kappa shape index (κ3) is 6.47. The minimum Gasteiger partial charge on any atom is -0.478 e. The third-order valence-electron chi connectivity index (χ3n) is 4.77. The van der Waals surface area contributed by atoms with Gasteiger partial charge in [0.05, 0.1) is 11.3 Å². The minimum atomic E-state index is -4.19. The number of anilines is 4. The van der Waals surface area contributed by atoms with Gasteiger partial charge in [0.25, 0.3) is 10.1 Å². The van der Waals surface area contributed by atoms with Crippen LogP contribution in [0.2, 0.25) is 0 Å². The van der Waals surface area contributed by atoms with Gasteiger partial charge in [0, 0.05) is 32.4 Å². The molecule has 33 heavy (non-hydrogen) atoms. The Hall–Kier alpha value is -3.08. The number of aromatic carboxylic acids is 1. The number of rotatable bonds is 11. The van der Waals surface area contributed by atoms with Crippen LogP contribution in [0.5, 0.6) is 0 Å². The summed E-state index contributed by atoms with van der Waals surface area (Å²) in [5.41, 5.74) is 0.594. The average Bonchev–Trinajstić information content (AvgIpc) is 3.21. The van der Waals surface area contributed by atoms with E-state index in [2.05, 4.69) is 25.6 Å². The Labute approximate surface area is 190 Å². The van der Waals surface area contributed by atoms with Crippen molar-refractivity contribution in [3.05, 3.63) is 29.8 Å². The first-order valence-corrected chi connectivity index (χ1v) is 12.8. The molecule has 1 aliphatic heterocycles. The van der Waals surface area contributed by atoms with E-state index in [1.807, 2.05) is 0 Å². The summed E-state index contributed by atoms with van der Waals surface area (Å²) in [5.74, 6) is -1.35. The predicted octanol–water partition coefficient (Wildman–Crippen LogP) is 0.0407. The predicted molar refractivity (Wildman–Crippen MR) is 120 cm³/mol. The van der Waals surface area contributed by atoms with Crippen molar-refractivity contribution in [2.45, 2.75) is 12.3 Å². The molecule has 2 atom stereocenters. The molecule has 1 fully saturated rings. The first kappa shape index (κ1) is 24.6. The van der Waals surface area contributed by atoms with Crippen LogP contribution < -0.4 is 15.5 Å². The lowest BCUT2D eigenvalue weighted by molar-refractivity contribution is 0.0697. The van der Waals surface area contributed by atoms with E-state index in [1.165, 1.54) is 28.6 Å². The zero-order valence-electron chi connectivity index (χ0n) is 17.7. The number of nitrogens with one attached hydrogen (secondary N) is 2. The molecule has 4 N–H and O–H groups in total. The normalized spacial score (nSPS) is 19.0. The fourth-order valence-corrected chi connectivity index (χ4v) is 4.51. The van der Waals surface area contributed by atoms with Crippen molar-refractivity contribution < 1.29 is 31.3 Å². The summed E-state index contributed by atoms with van der Waals surface area (Å²) in [6, 6.07) is 5.84. The van der Waals surface area contributed by atoms with Gasteiger partial charge in [-0.25, -0.2) is 13.2 Å². The summed E-state index contributed by atoms with van der Waals surface area (Å²) < 4.78 is 55.5. The van der Waals surface area contributed by atoms with E-state index in [4.69, 9.17) is 9.66 Å². The van der Waals surface area contributed by atoms with Crippen LogP contribution in [0.3, 0.4) is 0 Å². The van der Waals surface area contributed by atoms with Crippen LogP contribution in [0.1, 0.15) is 17.3 Å². The van der Waals surface area contributed by atoms with Crippen LogP contribution >= 0.6 is 0 Å². The first-order chi connectivity index (χ1) is 15.4. The Morgan fingerprint density at radius 1 is 1.18 bits per heavy atom. The number of aromatic nitrogens is 3. The summed E-state index contributed by atoms with van der Waals surface area (Å²) in [7, 11) is -5.73. The van der Waals surface area contributed by atoms with Crippen LogP contribution in [-0.4, -0.2) is 89.5 Å². The maximum Gasteiger partial charge on any atom is 0.335 e. The van der Waals surface area contributed by atoms with Gasteiger partial charge in [-0.3, -0.25) is 4.55 Å². The van der Waals surface area contributed by atoms with Gasteiger partial charge in [0.2, 0.25) is 27.9 Å². The fourth-order valence-electron chi connectivity index (χ4n) is 2.80. The zero-order chi connectivity index (χ0) is 24.4. The quantitative estimate of drug-likeness (QED) is 0.238. The van der Waals surface area contributed by atoms with Gasteiger partial charge in [-0.1, -0.05) is 0 Å². The van der Waals surface area contributed by atoms with E-state index < -0.39 is 37.2 Å². The molecule has 1 aromatic heterocycles. The van der Waals surface area contributed by atoms with E-state index in [0.29, 0.717) is 5.69 Å². The summed E-state index contributed by atoms with van der Waals surface area (Å²) in [4.78, 5) is 25.3. The lowest BCUT2D eigenvalue weighted by Crippen LogP contribution is -2.28. The molecule has 180 valence electrons. The Balaban J connectivity index is 1.78. The Morgan fingerprint density at radius 3 is 2.33 bits per heavy atom. The highest BCUT2D eigenvalue weighted by molar-refractivity contribution is 7.95.